The van der Waals surface area contributed by atoms with Crippen LogP contribution in [-0.4, -0.2) is 16.0 Å². The highest BCUT2D eigenvalue weighted by Gasteiger charge is 2.30. The molecule has 30 heavy (non-hydrogen) atoms. The third-order valence-electron chi connectivity index (χ3n) is 3.55. The second kappa shape index (κ2) is 8.95. The molecule has 3 rings (SSSR count). The molecule has 0 unspecified atom stereocenters. The predicted molar refractivity (Wildman–Crippen MR) is 108 cm³/mol. The van der Waals surface area contributed by atoms with Crippen molar-refractivity contribution in [2.75, 3.05) is 10.6 Å². The third kappa shape index (κ3) is 5.44. The number of alkyl halides is 3. The highest BCUT2D eigenvalue weighted by atomic mass is 35.5. The Kier molecular flexibility index (Phi) is 6.55. The van der Waals surface area contributed by atoms with Gasteiger partial charge in [-0.3, -0.25) is 0 Å². The Bertz CT molecular complexity index is 1080. The Morgan fingerprint density at radius 2 is 1.67 bits per heavy atom. The Balaban J connectivity index is 1.83. The van der Waals surface area contributed by atoms with Gasteiger partial charge >= 0.3 is 12.2 Å². The van der Waals surface area contributed by atoms with Crippen molar-refractivity contribution in [1.29, 1.82) is 0 Å². The predicted octanol–water partition coefficient (Wildman–Crippen LogP) is 6.89. The summed E-state index contributed by atoms with van der Waals surface area (Å²) in [5.41, 5.74) is -0.813. The van der Waals surface area contributed by atoms with Crippen LogP contribution in [0.5, 0.6) is 11.6 Å². The number of carbonyl (C=O) groups is 1. The molecular weight excluding hydrogens is 468 g/mol. The standard InChI is InChI=1S/C18H10Cl3F3N4O2/c19-11-5-2-6-12(20)14(11)27-17(29)26-13-8-25-16(21)28-15(13)30-10-4-1-3-9(7-10)18(22,23)24/h1-8H,(H2,26,27,29). The summed E-state index contributed by atoms with van der Waals surface area (Å²) in [5.74, 6) is -0.438. The van der Waals surface area contributed by atoms with Crippen LogP contribution in [0.25, 0.3) is 0 Å². The van der Waals surface area contributed by atoms with Crippen LogP contribution in [0.4, 0.5) is 29.3 Å². The van der Waals surface area contributed by atoms with Crippen LogP contribution in [0, 0.1) is 0 Å². The van der Waals surface area contributed by atoms with Gasteiger partial charge in [0.05, 0.1) is 27.5 Å². The minimum atomic E-state index is -4.56. The summed E-state index contributed by atoms with van der Waals surface area (Å²) in [4.78, 5) is 19.9. The molecule has 0 aliphatic rings. The molecule has 1 heterocycles. The van der Waals surface area contributed by atoms with Crippen LogP contribution in [0.3, 0.4) is 0 Å². The molecule has 2 aromatic carbocycles. The second-order valence-electron chi connectivity index (χ2n) is 5.66. The van der Waals surface area contributed by atoms with Gasteiger partial charge in [-0.2, -0.15) is 18.2 Å². The zero-order valence-electron chi connectivity index (χ0n) is 14.6. The maximum absolute atomic E-state index is 12.9. The van der Waals surface area contributed by atoms with Gasteiger partial charge in [-0.15, -0.1) is 0 Å². The number of urea groups is 1. The van der Waals surface area contributed by atoms with Crippen molar-refractivity contribution in [3.05, 3.63) is 69.6 Å². The average molecular weight is 478 g/mol. The van der Waals surface area contributed by atoms with E-state index in [0.717, 1.165) is 18.3 Å². The largest absolute Gasteiger partial charge is 0.437 e. The van der Waals surface area contributed by atoms with E-state index in [-0.39, 0.29) is 38.3 Å². The maximum atomic E-state index is 12.9. The first-order chi connectivity index (χ1) is 14.1. The monoisotopic (exact) mass is 476 g/mol. The number of aromatic nitrogens is 2. The van der Waals surface area contributed by atoms with E-state index < -0.39 is 17.8 Å². The van der Waals surface area contributed by atoms with E-state index in [4.69, 9.17) is 39.5 Å². The van der Waals surface area contributed by atoms with Gasteiger partial charge in [0.1, 0.15) is 11.4 Å². The summed E-state index contributed by atoms with van der Waals surface area (Å²) in [7, 11) is 0. The molecule has 0 aliphatic heterocycles. The molecule has 0 fully saturated rings. The van der Waals surface area contributed by atoms with Crippen molar-refractivity contribution in [1.82, 2.24) is 9.97 Å². The molecule has 2 amide bonds. The number of benzene rings is 2. The van der Waals surface area contributed by atoms with Gasteiger partial charge in [0.15, 0.2) is 0 Å². The van der Waals surface area contributed by atoms with Crippen LogP contribution in [0.15, 0.2) is 48.7 Å². The fraction of sp³-hybridized carbons (Fsp3) is 0.0556. The molecule has 0 atom stereocenters. The SMILES string of the molecule is O=C(Nc1cnc(Cl)nc1Oc1cccc(C(F)(F)F)c1)Nc1c(Cl)cccc1Cl. The molecule has 0 radical (unpaired) electrons. The number of hydrogen-bond acceptors (Lipinski definition) is 4. The number of amides is 2. The number of rotatable bonds is 4. The number of halogens is 6. The Morgan fingerprint density at radius 1 is 1.00 bits per heavy atom. The minimum absolute atomic E-state index is 0.0579. The number of nitrogens with zero attached hydrogens (tertiary/aromatic N) is 2. The lowest BCUT2D eigenvalue weighted by Crippen LogP contribution is -2.20. The molecule has 0 aliphatic carbocycles. The quantitative estimate of drug-likeness (QED) is 0.401. The van der Waals surface area contributed by atoms with E-state index in [9.17, 15) is 18.0 Å². The van der Waals surface area contributed by atoms with Gasteiger partial charge in [-0.25, -0.2) is 9.78 Å². The highest BCUT2D eigenvalue weighted by Crippen LogP contribution is 2.34. The summed E-state index contributed by atoms with van der Waals surface area (Å²) in [6, 6.07) is 8.00. The number of para-hydroxylation sites is 1. The molecule has 156 valence electrons. The van der Waals surface area contributed by atoms with Crippen molar-refractivity contribution in [2.45, 2.75) is 6.18 Å². The van der Waals surface area contributed by atoms with E-state index in [1.807, 2.05) is 0 Å². The van der Waals surface area contributed by atoms with Crippen molar-refractivity contribution in [3.63, 3.8) is 0 Å². The summed E-state index contributed by atoms with van der Waals surface area (Å²) in [5, 5.41) is 5.02. The van der Waals surface area contributed by atoms with E-state index in [0.29, 0.717) is 0 Å². The summed E-state index contributed by atoms with van der Waals surface area (Å²) in [6.45, 7) is 0. The molecule has 0 saturated heterocycles. The molecule has 6 nitrogen and oxygen atoms in total. The molecule has 3 aromatic rings. The smallest absolute Gasteiger partial charge is 0.416 e. The fourth-order valence-corrected chi connectivity index (χ4v) is 2.86. The summed E-state index contributed by atoms with van der Waals surface area (Å²) < 4.78 is 44.1. The topological polar surface area (TPSA) is 76.1 Å². The lowest BCUT2D eigenvalue weighted by atomic mass is 10.2. The third-order valence-corrected chi connectivity index (χ3v) is 4.36. The Hall–Kier alpha value is -2.75. The molecule has 0 spiro atoms. The van der Waals surface area contributed by atoms with Crippen LogP contribution < -0.4 is 15.4 Å². The number of hydrogen-bond donors (Lipinski definition) is 2. The maximum Gasteiger partial charge on any atom is 0.416 e. The molecule has 0 saturated carbocycles. The van der Waals surface area contributed by atoms with E-state index in [2.05, 4.69) is 20.6 Å². The van der Waals surface area contributed by atoms with Crippen LogP contribution in [0.1, 0.15) is 5.56 Å². The van der Waals surface area contributed by atoms with E-state index >= 15 is 0 Å². The van der Waals surface area contributed by atoms with Crippen molar-refractivity contribution < 1.29 is 22.7 Å². The summed E-state index contributed by atoms with van der Waals surface area (Å²) >= 11 is 17.8. The van der Waals surface area contributed by atoms with Crippen LogP contribution in [-0.2, 0) is 6.18 Å². The number of carbonyl (C=O) groups excluding carboxylic acids is 1. The van der Waals surface area contributed by atoms with Crippen LogP contribution >= 0.6 is 34.8 Å². The summed E-state index contributed by atoms with van der Waals surface area (Å²) in [6.07, 6.45) is -3.43. The van der Waals surface area contributed by atoms with Gasteiger partial charge < -0.3 is 15.4 Å². The lowest BCUT2D eigenvalue weighted by Gasteiger charge is -2.14. The molecule has 0 bridgehead atoms. The van der Waals surface area contributed by atoms with Gasteiger partial charge in [0.2, 0.25) is 11.2 Å². The second-order valence-corrected chi connectivity index (χ2v) is 6.81. The van der Waals surface area contributed by atoms with E-state index in [1.165, 1.54) is 24.3 Å². The Labute approximate surface area is 182 Å². The zero-order chi connectivity index (χ0) is 21.9. The van der Waals surface area contributed by atoms with E-state index in [1.54, 1.807) is 6.07 Å². The number of ether oxygens (including phenoxy) is 1. The van der Waals surface area contributed by atoms with Gasteiger partial charge in [-0.05, 0) is 41.9 Å². The van der Waals surface area contributed by atoms with Crippen molar-refractivity contribution in [3.8, 4) is 11.6 Å². The molecular formula is C18H10Cl3F3N4O2. The normalized spacial score (nSPS) is 11.1. The number of nitrogens with one attached hydrogen (secondary N) is 2. The average Bonchev–Trinajstić information content (AvgIpc) is 2.67. The molecule has 12 heteroatoms. The van der Waals surface area contributed by atoms with Crippen LogP contribution in [0.2, 0.25) is 15.3 Å². The molecule has 2 N–H and O–H groups in total. The van der Waals surface area contributed by atoms with Crippen molar-refractivity contribution in [2.24, 2.45) is 0 Å². The highest BCUT2D eigenvalue weighted by molar-refractivity contribution is 6.39. The fourth-order valence-electron chi connectivity index (χ4n) is 2.24. The Morgan fingerprint density at radius 3 is 2.33 bits per heavy atom. The first-order valence-corrected chi connectivity index (χ1v) is 9.16. The van der Waals surface area contributed by atoms with Gasteiger partial charge in [0, 0.05) is 0 Å². The van der Waals surface area contributed by atoms with Crippen molar-refractivity contribution >= 4 is 52.2 Å². The van der Waals surface area contributed by atoms with Gasteiger partial charge in [-0.1, -0.05) is 35.3 Å². The first kappa shape index (κ1) is 21.9. The zero-order valence-corrected chi connectivity index (χ0v) is 16.9. The molecule has 1 aromatic heterocycles. The number of anilines is 2. The van der Waals surface area contributed by atoms with Gasteiger partial charge in [0.25, 0.3) is 0 Å². The first-order valence-electron chi connectivity index (χ1n) is 8.03. The lowest BCUT2D eigenvalue weighted by molar-refractivity contribution is -0.137. The minimum Gasteiger partial charge on any atom is -0.437 e.